The van der Waals surface area contributed by atoms with Gasteiger partial charge in [-0.2, -0.15) is 0 Å². The second-order valence-corrected chi connectivity index (χ2v) is 9.97. The van der Waals surface area contributed by atoms with Crippen LogP contribution in [-0.2, 0) is 9.84 Å². The van der Waals surface area contributed by atoms with Crippen molar-refractivity contribution in [2.75, 3.05) is 25.1 Å². The zero-order chi connectivity index (χ0) is 18.2. The van der Waals surface area contributed by atoms with Gasteiger partial charge in [-0.05, 0) is 63.7 Å². The first-order chi connectivity index (χ1) is 11.2. The molecule has 0 bridgehead atoms. The van der Waals surface area contributed by atoms with Gasteiger partial charge in [0, 0.05) is 25.4 Å². The van der Waals surface area contributed by atoms with Gasteiger partial charge in [-0.1, -0.05) is 13.8 Å². The Bertz CT molecular complexity index is 480. The van der Waals surface area contributed by atoms with E-state index < -0.39 is 9.84 Å². The molecule has 2 N–H and O–H groups in total. The van der Waals surface area contributed by atoms with E-state index in [0.717, 1.165) is 30.9 Å². The molecule has 1 fully saturated rings. The van der Waals surface area contributed by atoms with Crippen LogP contribution in [0.25, 0.3) is 0 Å². The number of guanidine groups is 1. The van der Waals surface area contributed by atoms with E-state index in [9.17, 15) is 8.42 Å². The van der Waals surface area contributed by atoms with Gasteiger partial charge in [0.15, 0.2) is 5.96 Å². The van der Waals surface area contributed by atoms with Crippen LogP contribution in [-0.4, -0.2) is 45.5 Å². The van der Waals surface area contributed by atoms with Crippen LogP contribution < -0.4 is 10.6 Å². The summed E-state index contributed by atoms with van der Waals surface area (Å²) in [6, 6.07) is 0.0919. The number of nitrogens with one attached hydrogen (secondary N) is 2. The molecule has 1 aliphatic carbocycles. The van der Waals surface area contributed by atoms with Crippen LogP contribution in [0.4, 0.5) is 0 Å². The average Bonchev–Trinajstić information content (AvgIpc) is 2.50. The second kappa shape index (κ2) is 10.3. The Kier molecular flexibility index (Phi) is 9.09. The van der Waals surface area contributed by atoms with E-state index in [4.69, 9.17) is 4.99 Å². The molecular formula is C18H37N3O2S. The minimum Gasteiger partial charge on any atom is -0.357 e. The van der Waals surface area contributed by atoms with Gasteiger partial charge in [-0.3, -0.25) is 4.99 Å². The lowest BCUT2D eigenvalue weighted by Gasteiger charge is -2.30. The molecule has 0 aromatic carbocycles. The predicted octanol–water partition coefficient (Wildman–Crippen LogP) is 2.83. The first kappa shape index (κ1) is 21.3. The van der Waals surface area contributed by atoms with E-state index in [1.165, 1.54) is 31.9 Å². The molecule has 1 unspecified atom stereocenters. The summed E-state index contributed by atoms with van der Waals surface area (Å²) < 4.78 is 22.6. The van der Waals surface area contributed by atoms with Crippen LogP contribution in [0.2, 0.25) is 0 Å². The van der Waals surface area contributed by atoms with Crippen molar-refractivity contribution in [3.8, 4) is 0 Å². The largest absolute Gasteiger partial charge is 0.357 e. The molecule has 0 radical (unpaired) electrons. The molecule has 6 heteroatoms. The van der Waals surface area contributed by atoms with E-state index in [2.05, 4.69) is 24.5 Å². The molecule has 142 valence electrons. The Morgan fingerprint density at radius 3 is 2.29 bits per heavy atom. The van der Waals surface area contributed by atoms with E-state index in [-0.39, 0.29) is 11.8 Å². The Morgan fingerprint density at radius 1 is 1.17 bits per heavy atom. The van der Waals surface area contributed by atoms with Crippen LogP contribution in [0.5, 0.6) is 0 Å². The third-order valence-electron chi connectivity index (χ3n) is 4.99. The van der Waals surface area contributed by atoms with Gasteiger partial charge in [-0.15, -0.1) is 0 Å². The van der Waals surface area contributed by atoms with E-state index in [1.807, 2.05) is 13.8 Å². The summed E-state index contributed by atoms with van der Waals surface area (Å²) in [6.45, 7) is 10.4. The van der Waals surface area contributed by atoms with Crippen molar-refractivity contribution in [2.24, 2.45) is 22.7 Å². The average molecular weight is 360 g/mol. The number of hydrogen-bond donors (Lipinski definition) is 2. The zero-order valence-corrected chi connectivity index (χ0v) is 17.0. The zero-order valence-electron chi connectivity index (χ0n) is 16.1. The maximum Gasteiger partial charge on any atom is 0.191 e. The lowest BCUT2D eigenvalue weighted by Crippen LogP contribution is -2.43. The van der Waals surface area contributed by atoms with Gasteiger partial charge in [-0.25, -0.2) is 8.42 Å². The number of aliphatic imine (C=N–C) groups is 1. The molecule has 24 heavy (non-hydrogen) atoms. The highest BCUT2D eigenvalue weighted by Gasteiger charge is 2.23. The maximum absolute atomic E-state index is 11.3. The Morgan fingerprint density at radius 2 is 1.79 bits per heavy atom. The lowest BCUT2D eigenvalue weighted by molar-refractivity contribution is 0.228. The first-order valence-corrected chi connectivity index (χ1v) is 11.5. The molecule has 5 nitrogen and oxygen atoms in total. The van der Waals surface area contributed by atoms with E-state index >= 15 is 0 Å². The second-order valence-electron chi connectivity index (χ2n) is 7.71. The van der Waals surface area contributed by atoms with Gasteiger partial charge in [0.05, 0.1) is 5.75 Å². The summed E-state index contributed by atoms with van der Waals surface area (Å²) in [5.74, 6) is 3.38. The molecule has 0 spiro atoms. The molecule has 0 aromatic rings. The fraction of sp³-hybridized carbons (Fsp3) is 0.944. The Balaban J connectivity index is 2.45. The summed E-state index contributed by atoms with van der Waals surface area (Å²) in [4.78, 5) is 4.74. The smallest absolute Gasteiger partial charge is 0.191 e. The van der Waals surface area contributed by atoms with Crippen LogP contribution in [0.1, 0.15) is 59.8 Å². The SMILES string of the molecule is CCNC(=NCC1CCC(C(C)C)CC1)NC(C)CCS(C)(=O)=O. The molecule has 1 rings (SSSR count). The van der Waals surface area contributed by atoms with E-state index in [1.54, 1.807) is 0 Å². The monoisotopic (exact) mass is 359 g/mol. The van der Waals surface area contributed by atoms with Crippen LogP contribution in [0, 0.1) is 17.8 Å². The van der Waals surface area contributed by atoms with Crippen molar-refractivity contribution in [1.82, 2.24) is 10.6 Å². The lowest BCUT2D eigenvalue weighted by atomic mass is 9.77. The number of hydrogen-bond acceptors (Lipinski definition) is 3. The fourth-order valence-electron chi connectivity index (χ4n) is 3.27. The van der Waals surface area contributed by atoms with Gasteiger partial charge < -0.3 is 10.6 Å². The van der Waals surface area contributed by atoms with Crippen molar-refractivity contribution in [3.05, 3.63) is 0 Å². The number of nitrogens with zero attached hydrogens (tertiary/aromatic N) is 1. The van der Waals surface area contributed by atoms with Gasteiger partial charge in [0.2, 0.25) is 0 Å². The minimum absolute atomic E-state index is 0.0919. The van der Waals surface area contributed by atoms with Gasteiger partial charge >= 0.3 is 0 Å². The predicted molar refractivity (Wildman–Crippen MR) is 103 cm³/mol. The molecule has 1 atom stereocenters. The molecule has 0 heterocycles. The first-order valence-electron chi connectivity index (χ1n) is 9.43. The molecule has 0 aliphatic heterocycles. The van der Waals surface area contributed by atoms with Crippen molar-refractivity contribution in [2.45, 2.75) is 65.8 Å². The van der Waals surface area contributed by atoms with E-state index in [0.29, 0.717) is 12.3 Å². The molecule has 1 saturated carbocycles. The summed E-state index contributed by atoms with van der Waals surface area (Å²) in [6.07, 6.45) is 7.08. The summed E-state index contributed by atoms with van der Waals surface area (Å²) in [7, 11) is -2.91. The fourth-order valence-corrected chi connectivity index (χ4v) is 4.06. The molecular weight excluding hydrogens is 322 g/mol. The highest BCUT2D eigenvalue weighted by atomic mass is 32.2. The Labute approximate surface area is 149 Å². The van der Waals surface area contributed by atoms with Crippen LogP contribution in [0.3, 0.4) is 0 Å². The standard InChI is InChI=1S/C18H37N3O2S/c1-6-19-18(21-15(4)11-12-24(5,22)23)20-13-16-7-9-17(10-8-16)14(2)3/h14-17H,6-13H2,1-5H3,(H2,19,20,21). The van der Waals surface area contributed by atoms with Crippen molar-refractivity contribution in [1.29, 1.82) is 0 Å². The number of rotatable bonds is 8. The summed E-state index contributed by atoms with van der Waals surface area (Å²) in [5.41, 5.74) is 0. The molecule has 0 aromatic heterocycles. The number of sulfone groups is 1. The minimum atomic E-state index is -2.91. The molecule has 0 amide bonds. The normalized spacial score (nSPS) is 24.0. The maximum atomic E-state index is 11.3. The van der Waals surface area contributed by atoms with Crippen LogP contribution in [0.15, 0.2) is 4.99 Å². The highest BCUT2D eigenvalue weighted by Crippen LogP contribution is 2.33. The van der Waals surface area contributed by atoms with Gasteiger partial charge in [0.1, 0.15) is 9.84 Å². The Hall–Kier alpha value is -0.780. The van der Waals surface area contributed by atoms with Crippen molar-refractivity contribution >= 4 is 15.8 Å². The third-order valence-corrected chi connectivity index (χ3v) is 5.97. The van der Waals surface area contributed by atoms with Crippen molar-refractivity contribution in [3.63, 3.8) is 0 Å². The quantitative estimate of drug-likeness (QED) is 0.516. The summed E-state index contributed by atoms with van der Waals surface area (Å²) in [5, 5.41) is 6.60. The topological polar surface area (TPSA) is 70.6 Å². The third kappa shape index (κ3) is 8.90. The van der Waals surface area contributed by atoms with Crippen molar-refractivity contribution < 1.29 is 8.42 Å². The highest BCUT2D eigenvalue weighted by molar-refractivity contribution is 7.90. The molecule has 1 aliphatic rings. The molecule has 0 saturated heterocycles. The van der Waals surface area contributed by atoms with Gasteiger partial charge in [0.25, 0.3) is 0 Å². The summed E-state index contributed by atoms with van der Waals surface area (Å²) >= 11 is 0. The van der Waals surface area contributed by atoms with Crippen LogP contribution >= 0.6 is 0 Å².